The molecule has 0 aliphatic heterocycles. The van der Waals surface area contributed by atoms with Gasteiger partial charge >= 0.3 is 0 Å². The van der Waals surface area contributed by atoms with E-state index in [4.69, 9.17) is 11.6 Å². The molecule has 0 fully saturated rings. The molecule has 0 N–H and O–H groups in total. The average molecular weight is 263 g/mol. The second kappa shape index (κ2) is 5.10. The summed E-state index contributed by atoms with van der Waals surface area (Å²) in [6.07, 6.45) is 0. The SMILES string of the molecule is Cc1cc(S(=O)(=O)CCCl)nc(C(C)C)n1. The van der Waals surface area contributed by atoms with E-state index in [0.29, 0.717) is 11.5 Å². The zero-order chi connectivity index (χ0) is 12.3. The minimum Gasteiger partial charge on any atom is -0.238 e. The van der Waals surface area contributed by atoms with Crippen LogP contribution in [0.3, 0.4) is 0 Å². The normalized spacial score (nSPS) is 12.1. The number of aromatic nitrogens is 2. The number of hydrogen-bond donors (Lipinski definition) is 0. The molecule has 90 valence electrons. The molecule has 0 bridgehead atoms. The van der Waals surface area contributed by atoms with Gasteiger partial charge in [-0.25, -0.2) is 18.4 Å². The van der Waals surface area contributed by atoms with Gasteiger partial charge in [0.05, 0.1) is 5.75 Å². The van der Waals surface area contributed by atoms with Gasteiger partial charge in [-0.1, -0.05) is 13.8 Å². The first-order valence-electron chi connectivity index (χ1n) is 5.01. The standard InChI is InChI=1S/C10H15ClN2O2S/c1-7(2)10-12-8(3)6-9(13-10)16(14,15)5-4-11/h6-7H,4-5H2,1-3H3. The van der Waals surface area contributed by atoms with Crippen LogP contribution in [0.1, 0.15) is 31.3 Å². The third-order valence-electron chi connectivity index (χ3n) is 2.03. The smallest absolute Gasteiger partial charge is 0.196 e. The molecule has 4 nitrogen and oxygen atoms in total. The van der Waals surface area contributed by atoms with E-state index in [1.165, 1.54) is 6.07 Å². The summed E-state index contributed by atoms with van der Waals surface area (Å²) in [6, 6.07) is 1.48. The molecule has 0 saturated heterocycles. The lowest BCUT2D eigenvalue weighted by molar-refractivity contribution is 0.590. The summed E-state index contributed by atoms with van der Waals surface area (Å²) in [7, 11) is -3.37. The zero-order valence-corrected chi connectivity index (χ0v) is 11.1. The molecular weight excluding hydrogens is 248 g/mol. The molecule has 6 heteroatoms. The Morgan fingerprint density at radius 2 is 2.00 bits per heavy atom. The monoisotopic (exact) mass is 262 g/mol. The van der Waals surface area contributed by atoms with Crippen molar-refractivity contribution in [2.45, 2.75) is 31.7 Å². The van der Waals surface area contributed by atoms with Crippen molar-refractivity contribution < 1.29 is 8.42 Å². The molecule has 1 rings (SSSR count). The Labute approximate surface area is 101 Å². The topological polar surface area (TPSA) is 59.9 Å². The highest BCUT2D eigenvalue weighted by Gasteiger charge is 2.18. The van der Waals surface area contributed by atoms with Gasteiger partial charge in [-0.2, -0.15) is 0 Å². The highest BCUT2D eigenvalue weighted by molar-refractivity contribution is 7.91. The van der Waals surface area contributed by atoms with E-state index in [1.807, 2.05) is 13.8 Å². The largest absolute Gasteiger partial charge is 0.238 e. The molecule has 0 spiro atoms. The Balaban J connectivity index is 3.25. The molecule has 0 aromatic carbocycles. The zero-order valence-electron chi connectivity index (χ0n) is 9.57. The Bertz CT molecular complexity index is 472. The fourth-order valence-electron chi connectivity index (χ4n) is 1.19. The van der Waals surface area contributed by atoms with Crippen LogP contribution in [0.15, 0.2) is 11.1 Å². The first-order chi connectivity index (χ1) is 7.36. The molecule has 0 aliphatic carbocycles. The van der Waals surface area contributed by atoms with E-state index in [2.05, 4.69) is 9.97 Å². The van der Waals surface area contributed by atoms with Crippen molar-refractivity contribution in [2.75, 3.05) is 11.6 Å². The van der Waals surface area contributed by atoms with Gasteiger partial charge in [0.25, 0.3) is 0 Å². The molecule has 1 aromatic heterocycles. The van der Waals surface area contributed by atoms with E-state index >= 15 is 0 Å². The number of sulfone groups is 1. The molecule has 0 radical (unpaired) electrons. The molecule has 0 aliphatic rings. The van der Waals surface area contributed by atoms with Crippen molar-refractivity contribution in [2.24, 2.45) is 0 Å². The molecule has 0 unspecified atom stereocenters. The van der Waals surface area contributed by atoms with E-state index < -0.39 is 9.84 Å². The van der Waals surface area contributed by atoms with Crippen LogP contribution in [0.2, 0.25) is 0 Å². The van der Waals surface area contributed by atoms with Gasteiger partial charge in [0, 0.05) is 17.5 Å². The predicted molar refractivity (Wildman–Crippen MR) is 63.6 cm³/mol. The van der Waals surface area contributed by atoms with Crippen LogP contribution >= 0.6 is 11.6 Å². The number of aryl methyl sites for hydroxylation is 1. The minimum absolute atomic E-state index is 0.0718. The Morgan fingerprint density at radius 1 is 1.38 bits per heavy atom. The van der Waals surface area contributed by atoms with Crippen LogP contribution in [-0.2, 0) is 9.84 Å². The van der Waals surface area contributed by atoms with Gasteiger partial charge in [-0.15, -0.1) is 11.6 Å². The summed E-state index contributed by atoms with van der Waals surface area (Å²) < 4.78 is 23.6. The van der Waals surface area contributed by atoms with Gasteiger partial charge in [-0.3, -0.25) is 0 Å². The summed E-state index contributed by atoms with van der Waals surface area (Å²) in [5, 5.41) is 0.0735. The quantitative estimate of drug-likeness (QED) is 0.614. The van der Waals surface area contributed by atoms with Crippen LogP contribution in [0, 0.1) is 6.92 Å². The van der Waals surface area contributed by atoms with Crippen molar-refractivity contribution in [3.8, 4) is 0 Å². The maximum Gasteiger partial charge on any atom is 0.196 e. The first kappa shape index (κ1) is 13.4. The number of halogens is 1. The van der Waals surface area contributed by atoms with Gasteiger partial charge < -0.3 is 0 Å². The molecule has 0 amide bonds. The van der Waals surface area contributed by atoms with Gasteiger partial charge in [0.15, 0.2) is 14.9 Å². The summed E-state index contributed by atoms with van der Waals surface area (Å²) >= 11 is 5.46. The predicted octanol–water partition coefficient (Wildman–Crippen LogP) is 1.92. The van der Waals surface area contributed by atoms with Crippen LogP contribution in [0.4, 0.5) is 0 Å². The lowest BCUT2D eigenvalue weighted by atomic mass is 10.2. The van der Waals surface area contributed by atoms with Crippen molar-refractivity contribution in [1.82, 2.24) is 9.97 Å². The van der Waals surface area contributed by atoms with Gasteiger partial charge in [0.1, 0.15) is 5.82 Å². The van der Waals surface area contributed by atoms with E-state index in [9.17, 15) is 8.42 Å². The van der Waals surface area contributed by atoms with Crippen LogP contribution in [-0.4, -0.2) is 30.0 Å². The molecule has 0 saturated carbocycles. The molecular formula is C10H15ClN2O2S. The summed E-state index contributed by atoms with van der Waals surface area (Å²) in [5.74, 6) is 0.628. The van der Waals surface area contributed by atoms with Crippen LogP contribution in [0.5, 0.6) is 0 Å². The number of alkyl halides is 1. The average Bonchev–Trinajstić information content (AvgIpc) is 2.16. The summed E-state index contributed by atoms with van der Waals surface area (Å²) in [6.45, 7) is 5.60. The van der Waals surface area contributed by atoms with Crippen LogP contribution in [0.25, 0.3) is 0 Å². The Morgan fingerprint density at radius 3 is 2.50 bits per heavy atom. The van der Waals surface area contributed by atoms with E-state index in [1.54, 1.807) is 6.92 Å². The number of hydrogen-bond acceptors (Lipinski definition) is 4. The maximum absolute atomic E-state index is 11.8. The highest BCUT2D eigenvalue weighted by Crippen LogP contribution is 2.15. The van der Waals surface area contributed by atoms with Gasteiger partial charge in [0.2, 0.25) is 0 Å². The highest BCUT2D eigenvalue weighted by atomic mass is 35.5. The maximum atomic E-state index is 11.8. The van der Waals surface area contributed by atoms with E-state index in [-0.39, 0.29) is 22.6 Å². The second-order valence-electron chi connectivity index (χ2n) is 3.87. The van der Waals surface area contributed by atoms with Crippen LogP contribution < -0.4 is 0 Å². The van der Waals surface area contributed by atoms with Crippen molar-refractivity contribution in [3.05, 3.63) is 17.6 Å². The second-order valence-corrected chi connectivity index (χ2v) is 6.30. The fourth-order valence-corrected chi connectivity index (χ4v) is 2.79. The van der Waals surface area contributed by atoms with Crippen molar-refractivity contribution >= 4 is 21.4 Å². The van der Waals surface area contributed by atoms with Crippen molar-refractivity contribution in [3.63, 3.8) is 0 Å². The third kappa shape index (κ3) is 3.15. The van der Waals surface area contributed by atoms with E-state index in [0.717, 1.165) is 0 Å². The molecule has 1 aromatic rings. The lowest BCUT2D eigenvalue weighted by Gasteiger charge is -2.08. The molecule has 0 atom stereocenters. The Hall–Kier alpha value is -0.680. The minimum atomic E-state index is -3.37. The number of rotatable bonds is 4. The first-order valence-corrected chi connectivity index (χ1v) is 7.20. The van der Waals surface area contributed by atoms with Crippen molar-refractivity contribution in [1.29, 1.82) is 0 Å². The summed E-state index contributed by atoms with van der Waals surface area (Å²) in [5.41, 5.74) is 0.659. The third-order valence-corrected chi connectivity index (χ3v) is 4.03. The molecule has 1 heterocycles. The summed E-state index contributed by atoms with van der Waals surface area (Å²) in [4.78, 5) is 8.26. The fraction of sp³-hybridized carbons (Fsp3) is 0.600. The molecule has 16 heavy (non-hydrogen) atoms. The van der Waals surface area contributed by atoms with Gasteiger partial charge in [-0.05, 0) is 13.0 Å². The number of nitrogens with zero attached hydrogens (tertiary/aromatic N) is 2. The lowest BCUT2D eigenvalue weighted by Crippen LogP contribution is -2.13. The Kier molecular flexibility index (Phi) is 4.27.